The number of esters is 1. The number of carbonyl (C=O) groups excluding carboxylic acids is 1. The maximum atomic E-state index is 12.6. The van der Waals surface area contributed by atoms with Gasteiger partial charge in [0.15, 0.2) is 0 Å². The molecule has 1 rings (SSSR count). The molecular weight excluding hydrogens is 222 g/mol. The Balaban J connectivity index is 3.30. The Kier molecular flexibility index (Phi) is 3.55. The van der Waals surface area contributed by atoms with Crippen LogP contribution in [0, 0.1) is 0 Å². The van der Waals surface area contributed by atoms with E-state index in [1.54, 1.807) is 0 Å². The second-order valence-corrected chi connectivity index (χ2v) is 2.90. The van der Waals surface area contributed by atoms with E-state index in [0.29, 0.717) is 0 Å². The van der Waals surface area contributed by atoms with Crippen molar-refractivity contribution in [2.75, 3.05) is 7.11 Å². The summed E-state index contributed by atoms with van der Waals surface area (Å²) in [7, 11) is 1.06. The quantitative estimate of drug-likeness (QED) is 0.807. The summed E-state index contributed by atoms with van der Waals surface area (Å²) in [6.45, 7) is 0. The molecule has 0 aromatic heterocycles. The molecule has 16 heavy (non-hydrogen) atoms. The van der Waals surface area contributed by atoms with Crippen molar-refractivity contribution in [3.63, 3.8) is 0 Å². The first kappa shape index (κ1) is 12.1. The maximum absolute atomic E-state index is 12.6. The van der Waals surface area contributed by atoms with Crippen molar-refractivity contribution in [2.24, 2.45) is 0 Å². The van der Waals surface area contributed by atoms with Crippen LogP contribution in [0.15, 0.2) is 18.2 Å². The van der Waals surface area contributed by atoms with E-state index in [1.165, 1.54) is 0 Å². The number of rotatable bonds is 3. The summed E-state index contributed by atoms with van der Waals surface area (Å²) in [5, 5.41) is 8.62. The molecule has 0 aliphatic heterocycles. The molecule has 1 aromatic carbocycles. The average Bonchev–Trinajstić information content (AvgIpc) is 2.26. The van der Waals surface area contributed by atoms with Gasteiger partial charge in [0.05, 0.1) is 18.2 Å². The molecule has 0 atom stereocenters. The lowest BCUT2D eigenvalue weighted by Crippen LogP contribution is -2.08. The van der Waals surface area contributed by atoms with Crippen molar-refractivity contribution < 1.29 is 28.2 Å². The molecule has 0 heterocycles. The number of carboxylic acids is 1. The number of carbonyl (C=O) groups is 2. The molecule has 0 aliphatic rings. The first-order chi connectivity index (χ1) is 7.47. The Morgan fingerprint density at radius 1 is 1.38 bits per heavy atom. The number of ether oxygens (including phenoxy) is 1. The van der Waals surface area contributed by atoms with Crippen molar-refractivity contribution in [3.8, 4) is 0 Å². The van der Waals surface area contributed by atoms with E-state index in [4.69, 9.17) is 5.11 Å². The lowest BCUT2D eigenvalue weighted by Gasteiger charge is -2.07. The highest BCUT2D eigenvalue weighted by Gasteiger charge is 2.20. The number of hydrogen-bond acceptors (Lipinski definition) is 3. The van der Waals surface area contributed by atoms with Crippen LogP contribution in [0.25, 0.3) is 0 Å². The first-order valence-electron chi connectivity index (χ1n) is 4.21. The number of hydrogen-bond donors (Lipinski definition) is 1. The van der Waals surface area contributed by atoms with E-state index in [-0.39, 0.29) is 11.1 Å². The summed E-state index contributed by atoms with van der Waals surface area (Å²) in [6.07, 6.45) is -2.94. The van der Waals surface area contributed by atoms with Gasteiger partial charge in [-0.05, 0) is 18.2 Å². The fourth-order valence-electron chi connectivity index (χ4n) is 1.17. The van der Waals surface area contributed by atoms with Crippen LogP contribution in [0.1, 0.15) is 32.7 Å². The van der Waals surface area contributed by atoms with Crippen LogP contribution >= 0.6 is 0 Å². The molecule has 0 unspecified atom stereocenters. The molecular formula is C10H8F2O4. The lowest BCUT2D eigenvalue weighted by atomic mass is 10.0. The summed E-state index contributed by atoms with van der Waals surface area (Å²) >= 11 is 0. The minimum atomic E-state index is -2.94. The predicted molar refractivity (Wildman–Crippen MR) is 49.7 cm³/mol. The second-order valence-electron chi connectivity index (χ2n) is 2.90. The highest BCUT2D eigenvalue weighted by Crippen LogP contribution is 2.24. The largest absolute Gasteiger partial charge is 0.478 e. The van der Waals surface area contributed by atoms with Crippen LogP contribution in [-0.4, -0.2) is 24.2 Å². The topological polar surface area (TPSA) is 63.6 Å². The van der Waals surface area contributed by atoms with E-state index in [1.807, 2.05) is 0 Å². The van der Waals surface area contributed by atoms with Gasteiger partial charge in [0.2, 0.25) is 0 Å². The predicted octanol–water partition coefficient (Wildman–Crippen LogP) is 2.11. The zero-order valence-electron chi connectivity index (χ0n) is 8.24. The number of halogens is 2. The molecule has 4 nitrogen and oxygen atoms in total. The third-order valence-electron chi connectivity index (χ3n) is 1.94. The van der Waals surface area contributed by atoms with Crippen molar-refractivity contribution in [1.82, 2.24) is 0 Å². The Morgan fingerprint density at radius 2 is 2.00 bits per heavy atom. The van der Waals surface area contributed by atoms with Gasteiger partial charge >= 0.3 is 11.9 Å². The molecule has 0 spiro atoms. The SMILES string of the molecule is COC(=O)c1ccc(C(=O)O)cc1C(F)F. The van der Waals surface area contributed by atoms with Gasteiger partial charge in [-0.25, -0.2) is 18.4 Å². The minimum absolute atomic E-state index is 0.303. The smallest absolute Gasteiger partial charge is 0.338 e. The summed E-state index contributed by atoms with van der Waals surface area (Å²) in [5.74, 6) is -2.26. The molecule has 1 aromatic rings. The van der Waals surface area contributed by atoms with E-state index in [2.05, 4.69) is 4.74 Å². The molecule has 0 saturated carbocycles. The Labute approximate surface area is 89.5 Å². The zero-order valence-corrected chi connectivity index (χ0v) is 8.24. The third-order valence-corrected chi connectivity index (χ3v) is 1.94. The molecule has 0 saturated heterocycles. The maximum Gasteiger partial charge on any atom is 0.338 e. The van der Waals surface area contributed by atoms with Crippen LogP contribution in [-0.2, 0) is 4.74 Å². The zero-order chi connectivity index (χ0) is 12.3. The molecule has 0 fully saturated rings. The van der Waals surface area contributed by atoms with Crippen LogP contribution in [0.4, 0.5) is 8.78 Å². The normalized spacial score (nSPS) is 10.2. The van der Waals surface area contributed by atoms with Crippen LogP contribution in [0.2, 0.25) is 0 Å². The molecule has 86 valence electrons. The van der Waals surface area contributed by atoms with Crippen molar-refractivity contribution >= 4 is 11.9 Å². The highest BCUT2D eigenvalue weighted by atomic mass is 19.3. The van der Waals surface area contributed by atoms with Crippen LogP contribution < -0.4 is 0 Å². The molecule has 0 radical (unpaired) electrons. The summed E-state index contributed by atoms with van der Waals surface area (Å²) in [6, 6.07) is 2.84. The van der Waals surface area contributed by atoms with Gasteiger partial charge < -0.3 is 9.84 Å². The van der Waals surface area contributed by atoms with Crippen molar-refractivity contribution in [2.45, 2.75) is 6.43 Å². The van der Waals surface area contributed by atoms with Crippen LogP contribution in [0.5, 0.6) is 0 Å². The number of alkyl halides is 2. The van der Waals surface area contributed by atoms with Gasteiger partial charge in [-0.2, -0.15) is 0 Å². The summed E-state index contributed by atoms with van der Waals surface area (Å²) in [5.41, 5.74) is -1.28. The minimum Gasteiger partial charge on any atom is -0.478 e. The molecule has 6 heteroatoms. The van der Waals surface area contributed by atoms with Gasteiger partial charge in [-0.1, -0.05) is 0 Å². The Bertz CT molecular complexity index is 429. The van der Waals surface area contributed by atoms with Gasteiger partial charge in [0.25, 0.3) is 6.43 Å². The van der Waals surface area contributed by atoms with Crippen molar-refractivity contribution in [1.29, 1.82) is 0 Å². The van der Waals surface area contributed by atoms with E-state index in [0.717, 1.165) is 25.3 Å². The molecule has 0 aliphatic carbocycles. The van der Waals surface area contributed by atoms with Gasteiger partial charge in [-0.3, -0.25) is 0 Å². The first-order valence-corrected chi connectivity index (χ1v) is 4.21. The molecule has 0 bridgehead atoms. The van der Waals surface area contributed by atoms with E-state index < -0.39 is 23.9 Å². The van der Waals surface area contributed by atoms with E-state index in [9.17, 15) is 18.4 Å². The molecule has 1 N–H and O–H groups in total. The van der Waals surface area contributed by atoms with E-state index >= 15 is 0 Å². The van der Waals surface area contributed by atoms with Gasteiger partial charge in [0.1, 0.15) is 0 Å². The Morgan fingerprint density at radius 3 is 2.44 bits per heavy atom. The van der Waals surface area contributed by atoms with Gasteiger partial charge in [-0.15, -0.1) is 0 Å². The highest BCUT2D eigenvalue weighted by molar-refractivity contribution is 5.94. The van der Waals surface area contributed by atoms with Crippen LogP contribution in [0.3, 0.4) is 0 Å². The van der Waals surface area contributed by atoms with Gasteiger partial charge in [0, 0.05) is 5.56 Å². The summed E-state index contributed by atoms with van der Waals surface area (Å²) < 4.78 is 29.4. The Hall–Kier alpha value is -1.98. The number of aromatic carboxylic acids is 1. The monoisotopic (exact) mass is 230 g/mol. The number of methoxy groups -OCH3 is 1. The number of carboxylic acid groups (broad SMARTS) is 1. The fourth-order valence-corrected chi connectivity index (χ4v) is 1.17. The summed E-state index contributed by atoms with van der Waals surface area (Å²) in [4.78, 5) is 21.7. The number of benzene rings is 1. The fraction of sp³-hybridized carbons (Fsp3) is 0.200. The lowest BCUT2D eigenvalue weighted by molar-refractivity contribution is 0.0587. The average molecular weight is 230 g/mol. The third kappa shape index (κ3) is 2.33. The second kappa shape index (κ2) is 4.69. The standard InChI is InChI=1S/C10H8F2O4/c1-16-10(15)6-3-2-5(9(13)14)4-7(6)8(11)12/h2-4,8H,1H3,(H,13,14). The molecule has 0 amide bonds. The van der Waals surface area contributed by atoms with Crippen molar-refractivity contribution in [3.05, 3.63) is 34.9 Å².